The number of ether oxygens (including phenoxy) is 1. The van der Waals surface area contributed by atoms with E-state index in [-0.39, 0.29) is 12.1 Å². The van der Waals surface area contributed by atoms with Gasteiger partial charge in [-0.2, -0.15) is 14.6 Å². The van der Waals surface area contributed by atoms with Crippen molar-refractivity contribution in [3.05, 3.63) is 42.7 Å². The number of anilines is 1. The SMILES string of the molecule is CC(C)(C)OC(=O)NC1CCN(c2cc(-c3ccccc3)nc3ncnn23)CC1. The molecule has 1 aromatic carbocycles. The first kappa shape index (κ1) is 19.2. The van der Waals surface area contributed by atoms with Gasteiger partial charge >= 0.3 is 6.09 Å². The second-order valence-electron chi connectivity index (χ2n) is 8.25. The quantitative estimate of drug-likeness (QED) is 0.734. The summed E-state index contributed by atoms with van der Waals surface area (Å²) < 4.78 is 7.14. The average Bonchev–Trinajstić information content (AvgIpc) is 3.16. The first-order valence-electron chi connectivity index (χ1n) is 9.90. The third-order valence-corrected chi connectivity index (χ3v) is 4.84. The minimum Gasteiger partial charge on any atom is -0.444 e. The molecule has 2 aromatic heterocycles. The van der Waals surface area contributed by atoms with Gasteiger partial charge in [0.15, 0.2) is 0 Å². The molecule has 8 nitrogen and oxygen atoms in total. The van der Waals surface area contributed by atoms with Crippen LogP contribution in [0.4, 0.5) is 10.6 Å². The lowest BCUT2D eigenvalue weighted by atomic mass is 10.0. The summed E-state index contributed by atoms with van der Waals surface area (Å²) in [5.41, 5.74) is 1.42. The van der Waals surface area contributed by atoms with Crippen LogP contribution >= 0.6 is 0 Å². The molecule has 0 atom stereocenters. The Hall–Kier alpha value is -3.16. The molecule has 0 unspecified atom stereocenters. The molecule has 1 fully saturated rings. The second-order valence-corrected chi connectivity index (χ2v) is 8.25. The molecule has 4 rings (SSSR count). The number of fused-ring (bicyclic) bond motifs is 1. The monoisotopic (exact) mass is 394 g/mol. The maximum Gasteiger partial charge on any atom is 0.407 e. The van der Waals surface area contributed by atoms with Gasteiger partial charge in [-0.25, -0.2) is 9.78 Å². The van der Waals surface area contributed by atoms with Crippen molar-refractivity contribution < 1.29 is 9.53 Å². The van der Waals surface area contributed by atoms with Crippen LogP contribution in [0.25, 0.3) is 17.0 Å². The molecular weight excluding hydrogens is 368 g/mol. The first-order chi connectivity index (χ1) is 13.9. The number of amides is 1. The maximum atomic E-state index is 12.0. The Labute approximate surface area is 169 Å². The molecule has 1 aliphatic rings. The summed E-state index contributed by atoms with van der Waals surface area (Å²) in [6.45, 7) is 7.20. The third-order valence-electron chi connectivity index (χ3n) is 4.84. The van der Waals surface area contributed by atoms with E-state index in [4.69, 9.17) is 4.74 Å². The van der Waals surface area contributed by atoms with Crippen LogP contribution in [0, 0.1) is 0 Å². The zero-order valence-electron chi connectivity index (χ0n) is 17.0. The number of hydrogen-bond acceptors (Lipinski definition) is 6. The first-order valence-corrected chi connectivity index (χ1v) is 9.90. The van der Waals surface area contributed by atoms with E-state index in [1.54, 1.807) is 4.52 Å². The van der Waals surface area contributed by atoms with Crippen molar-refractivity contribution in [2.75, 3.05) is 18.0 Å². The van der Waals surface area contributed by atoms with E-state index in [9.17, 15) is 4.79 Å². The summed E-state index contributed by atoms with van der Waals surface area (Å²) in [6.07, 6.45) is 2.83. The van der Waals surface area contributed by atoms with E-state index in [0.717, 1.165) is 43.0 Å². The van der Waals surface area contributed by atoms with Gasteiger partial charge < -0.3 is 15.0 Å². The second kappa shape index (κ2) is 7.69. The molecule has 152 valence electrons. The van der Waals surface area contributed by atoms with Gasteiger partial charge in [0.05, 0.1) is 5.69 Å². The molecule has 1 N–H and O–H groups in total. The van der Waals surface area contributed by atoms with Gasteiger partial charge in [-0.15, -0.1) is 0 Å². The zero-order valence-corrected chi connectivity index (χ0v) is 17.0. The number of aromatic nitrogens is 4. The van der Waals surface area contributed by atoms with Crippen molar-refractivity contribution in [3.63, 3.8) is 0 Å². The van der Waals surface area contributed by atoms with Crippen LogP contribution in [-0.2, 0) is 4.74 Å². The molecule has 0 aliphatic carbocycles. The van der Waals surface area contributed by atoms with Crippen molar-refractivity contribution in [1.29, 1.82) is 0 Å². The van der Waals surface area contributed by atoms with Crippen molar-refractivity contribution in [2.45, 2.75) is 45.3 Å². The van der Waals surface area contributed by atoms with Gasteiger partial charge in [0.25, 0.3) is 5.78 Å². The van der Waals surface area contributed by atoms with Gasteiger partial charge in [-0.05, 0) is 33.6 Å². The topological polar surface area (TPSA) is 84.6 Å². The highest BCUT2D eigenvalue weighted by Crippen LogP contribution is 2.26. The summed E-state index contributed by atoms with van der Waals surface area (Å²) >= 11 is 0. The fourth-order valence-corrected chi connectivity index (χ4v) is 3.51. The van der Waals surface area contributed by atoms with E-state index in [1.165, 1.54) is 6.33 Å². The minimum absolute atomic E-state index is 0.0998. The molecule has 3 heterocycles. The summed E-state index contributed by atoms with van der Waals surface area (Å²) in [5.74, 6) is 1.54. The normalized spacial score (nSPS) is 15.5. The lowest BCUT2D eigenvalue weighted by molar-refractivity contribution is 0.0497. The largest absolute Gasteiger partial charge is 0.444 e. The van der Waals surface area contributed by atoms with E-state index in [0.29, 0.717) is 5.78 Å². The van der Waals surface area contributed by atoms with Crippen LogP contribution < -0.4 is 10.2 Å². The van der Waals surface area contributed by atoms with E-state index in [1.807, 2.05) is 51.1 Å². The Balaban J connectivity index is 1.50. The molecule has 29 heavy (non-hydrogen) atoms. The number of nitrogens with zero attached hydrogens (tertiary/aromatic N) is 5. The highest BCUT2D eigenvalue weighted by molar-refractivity contribution is 5.68. The summed E-state index contributed by atoms with van der Waals surface area (Å²) in [4.78, 5) is 23.2. The minimum atomic E-state index is -0.492. The number of rotatable bonds is 3. The molecule has 0 radical (unpaired) electrons. The molecule has 1 amide bonds. The fraction of sp³-hybridized carbons (Fsp3) is 0.429. The lowest BCUT2D eigenvalue weighted by Crippen LogP contribution is -2.46. The Kier molecular flexibility index (Phi) is 5.08. The maximum absolute atomic E-state index is 12.0. The predicted molar refractivity (Wildman–Crippen MR) is 111 cm³/mol. The number of hydrogen-bond donors (Lipinski definition) is 1. The Morgan fingerprint density at radius 1 is 1.17 bits per heavy atom. The van der Waals surface area contributed by atoms with Gasteiger partial charge in [0, 0.05) is 30.8 Å². The number of nitrogens with one attached hydrogen (secondary N) is 1. The van der Waals surface area contributed by atoms with Crippen LogP contribution in [0.15, 0.2) is 42.7 Å². The van der Waals surface area contributed by atoms with Crippen LogP contribution in [0.5, 0.6) is 0 Å². The number of benzene rings is 1. The molecule has 0 saturated carbocycles. The van der Waals surface area contributed by atoms with E-state index < -0.39 is 5.60 Å². The Morgan fingerprint density at radius 2 is 1.90 bits per heavy atom. The van der Waals surface area contributed by atoms with Crippen molar-refractivity contribution in [2.24, 2.45) is 0 Å². The number of carbonyl (C=O) groups excluding carboxylic acids is 1. The summed E-state index contributed by atoms with van der Waals surface area (Å²) in [7, 11) is 0. The molecular formula is C21H26N6O2. The standard InChI is InChI=1S/C21H26N6O2/c1-21(2,3)29-20(28)24-16-9-11-26(12-10-16)18-13-17(15-7-5-4-6-8-15)25-19-22-14-23-27(18)19/h4-8,13-14,16H,9-12H2,1-3H3,(H,24,28). The summed E-state index contributed by atoms with van der Waals surface area (Å²) in [6, 6.07) is 12.2. The molecule has 1 aliphatic heterocycles. The van der Waals surface area contributed by atoms with Crippen molar-refractivity contribution >= 4 is 17.7 Å². The summed E-state index contributed by atoms with van der Waals surface area (Å²) in [5, 5.41) is 7.33. The predicted octanol–water partition coefficient (Wildman–Crippen LogP) is 3.28. The molecule has 3 aromatic rings. The number of alkyl carbamates (subject to hydrolysis) is 1. The van der Waals surface area contributed by atoms with Crippen molar-refractivity contribution in [1.82, 2.24) is 24.9 Å². The molecule has 0 bridgehead atoms. The van der Waals surface area contributed by atoms with Gasteiger partial charge in [0.1, 0.15) is 17.7 Å². The van der Waals surface area contributed by atoms with Gasteiger partial charge in [-0.1, -0.05) is 30.3 Å². The van der Waals surface area contributed by atoms with Crippen LogP contribution in [0.2, 0.25) is 0 Å². The fourth-order valence-electron chi connectivity index (χ4n) is 3.51. The molecule has 8 heteroatoms. The zero-order chi connectivity index (χ0) is 20.4. The van der Waals surface area contributed by atoms with E-state index >= 15 is 0 Å². The van der Waals surface area contributed by atoms with Gasteiger partial charge in [0.2, 0.25) is 0 Å². The lowest BCUT2D eigenvalue weighted by Gasteiger charge is -2.34. The highest BCUT2D eigenvalue weighted by Gasteiger charge is 2.25. The van der Waals surface area contributed by atoms with Crippen molar-refractivity contribution in [3.8, 4) is 11.3 Å². The third kappa shape index (κ3) is 4.47. The van der Waals surface area contributed by atoms with Gasteiger partial charge in [-0.3, -0.25) is 0 Å². The molecule has 0 spiro atoms. The highest BCUT2D eigenvalue weighted by atomic mass is 16.6. The Morgan fingerprint density at radius 3 is 2.59 bits per heavy atom. The average molecular weight is 394 g/mol. The van der Waals surface area contributed by atoms with Crippen LogP contribution in [0.1, 0.15) is 33.6 Å². The van der Waals surface area contributed by atoms with E-state index in [2.05, 4.69) is 31.3 Å². The molecule has 1 saturated heterocycles. The smallest absolute Gasteiger partial charge is 0.407 e. The van der Waals surface area contributed by atoms with Crippen LogP contribution in [-0.4, -0.2) is 50.4 Å². The Bertz CT molecular complexity index is 987. The number of piperidine rings is 1. The van der Waals surface area contributed by atoms with Crippen LogP contribution in [0.3, 0.4) is 0 Å². The number of carbonyl (C=O) groups is 1.